The molecule has 1 fully saturated rings. The number of nitrogens with one attached hydrogen (secondary N) is 2. The van der Waals surface area contributed by atoms with Crippen LogP contribution >= 0.6 is 15.9 Å². The Balaban J connectivity index is 2.43. The normalized spacial score (nSPS) is 14.7. The summed E-state index contributed by atoms with van der Waals surface area (Å²) in [5.41, 5.74) is 0.416. The second-order valence-corrected chi connectivity index (χ2v) is 4.83. The number of halogens is 1. The second-order valence-electron chi connectivity index (χ2n) is 3.91. The predicted octanol–water partition coefficient (Wildman–Crippen LogP) is 1.60. The maximum Gasteiger partial charge on any atom is 0.328 e. The summed E-state index contributed by atoms with van der Waals surface area (Å²) in [5.74, 6) is -0.928. The fourth-order valence-electron chi connectivity index (χ4n) is 1.68. The van der Waals surface area contributed by atoms with Crippen LogP contribution in [0.1, 0.15) is 12.5 Å². The number of ether oxygens (including phenoxy) is 1. The molecule has 1 aromatic rings. The second kappa shape index (κ2) is 5.87. The molecule has 6 nitrogen and oxygen atoms in total. The van der Waals surface area contributed by atoms with Crippen molar-refractivity contribution < 1.29 is 19.1 Å². The van der Waals surface area contributed by atoms with Gasteiger partial charge in [-0.1, -0.05) is 15.9 Å². The van der Waals surface area contributed by atoms with Gasteiger partial charge in [0.05, 0.1) is 6.61 Å². The van der Waals surface area contributed by atoms with Crippen molar-refractivity contribution in [1.29, 1.82) is 0 Å². The number of barbiturate groups is 1. The Morgan fingerprint density at radius 3 is 2.45 bits per heavy atom. The highest BCUT2D eigenvalue weighted by atomic mass is 79.9. The van der Waals surface area contributed by atoms with Crippen LogP contribution in [-0.4, -0.2) is 24.5 Å². The van der Waals surface area contributed by atoms with E-state index in [-0.39, 0.29) is 5.57 Å². The molecule has 4 amide bonds. The molecule has 104 valence electrons. The molecule has 1 heterocycles. The molecule has 2 rings (SSSR count). The predicted molar refractivity (Wildman–Crippen MR) is 75.0 cm³/mol. The summed E-state index contributed by atoms with van der Waals surface area (Å²) in [4.78, 5) is 34.3. The van der Waals surface area contributed by atoms with Crippen LogP contribution in [0.15, 0.2) is 28.2 Å². The maximum absolute atomic E-state index is 11.7. The number of amides is 4. The Morgan fingerprint density at radius 2 is 1.85 bits per heavy atom. The van der Waals surface area contributed by atoms with Gasteiger partial charge in [-0.2, -0.15) is 0 Å². The topological polar surface area (TPSA) is 84.5 Å². The van der Waals surface area contributed by atoms with Crippen molar-refractivity contribution in [2.24, 2.45) is 0 Å². The number of carbonyl (C=O) groups is 3. The highest BCUT2D eigenvalue weighted by Crippen LogP contribution is 2.26. The van der Waals surface area contributed by atoms with E-state index in [1.165, 1.54) is 6.08 Å². The van der Waals surface area contributed by atoms with Crippen molar-refractivity contribution in [3.05, 3.63) is 33.8 Å². The average Bonchev–Trinajstić information content (AvgIpc) is 2.37. The molecule has 0 bridgehead atoms. The van der Waals surface area contributed by atoms with Crippen molar-refractivity contribution in [3.8, 4) is 5.75 Å². The lowest BCUT2D eigenvalue weighted by molar-refractivity contribution is -0.123. The lowest BCUT2D eigenvalue weighted by Crippen LogP contribution is -2.51. The number of carbonyl (C=O) groups excluding carboxylic acids is 3. The average molecular weight is 339 g/mol. The minimum Gasteiger partial charge on any atom is -0.493 e. The van der Waals surface area contributed by atoms with Gasteiger partial charge in [0.2, 0.25) is 0 Å². The summed E-state index contributed by atoms with van der Waals surface area (Å²) in [6.07, 6.45) is 1.38. The zero-order chi connectivity index (χ0) is 14.7. The van der Waals surface area contributed by atoms with Crippen LogP contribution in [0.25, 0.3) is 6.08 Å². The first kappa shape index (κ1) is 14.3. The van der Waals surface area contributed by atoms with Crippen LogP contribution in [-0.2, 0) is 9.59 Å². The first-order valence-corrected chi connectivity index (χ1v) is 6.61. The Morgan fingerprint density at radius 1 is 1.20 bits per heavy atom. The highest BCUT2D eigenvalue weighted by Gasteiger charge is 2.28. The van der Waals surface area contributed by atoms with E-state index in [0.717, 1.165) is 4.47 Å². The summed E-state index contributed by atoms with van der Waals surface area (Å²) in [7, 11) is 0. The van der Waals surface area contributed by atoms with Crippen molar-refractivity contribution >= 4 is 39.9 Å². The monoisotopic (exact) mass is 338 g/mol. The van der Waals surface area contributed by atoms with Gasteiger partial charge in [0.25, 0.3) is 11.8 Å². The minimum absolute atomic E-state index is 0.149. The number of rotatable bonds is 3. The van der Waals surface area contributed by atoms with E-state index in [1.807, 2.05) is 17.6 Å². The lowest BCUT2D eigenvalue weighted by Gasteiger charge is -2.15. The van der Waals surface area contributed by atoms with E-state index in [2.05, 4.69) is 15.9 Å². The third-order valence-electron chi connectivity index (χ3n) is 2.51. The number of hydrogen-bond acceptors (Lipinski definition) is 4. The van der Waals surface area contributed by atoms with Gasteiger partial charge in [-0.05, 0) is 31.2 Å². The molecule has 1 saturated heterocycles. The maximum atomic E-state index is 11.7. The summed E-state index contributed by atoms with van der Waals surface area (Å²) in [6.45, 7) is 2.28. The van der Waals surface area contributed by atoms with Crippen LogP contribution in [0.5, 0.6) is 5.75 Å². The van der Waals surface area contributed by atoms with E-state index >= 15 is 0 Å². The Hall–Kier alpha value is -2.15. The van der Waals surface area contributed by atoms with Crippen LogP contribution in [0.3, 0.4) is 0 Å². The smallest absolute Gasteiger partial charge is 0.328 e. The first-order chi connectivity index (χ1) is 9.51. The molecule has 0 radical (unpaired) electrons. The molecule has 1 aromatic carbocycles. The van der Waals surface area contributed by atoms with Gasteiger partial charge in [0.15, 0.2) is 0 Å². The van der Waals surface area contributed by atoms with Crippen molar-refractivity contribution in [3.63, 3.8) is 0 Å². The summed E-state index contributed by atoms with van der Waals surface area (Å²) >= 11 is 3.31. The summed E-state index contributed by atoms with van der Waals surface area (Å²) in [6, 6.07) is 4.41. The van der Waals surface area contributed by atoms with E-state index in [1.54, 1.807) is 18.2 Å². The molecule has 0 atom stereocenters. The van der Waals surface area contributed by atoms with Crippen LogP contribution in [0, 0.1) is 0 Å². The fourth-order valence-corrected chi connectivity index (χ4v) is 2.06. The van der Waals surface area contributed by atoms with Crippen LogP contribution in [0.2, 0.25) is 0 Å². The Bertz CT molecular complexity index is 603. The zero-order valence-electron chi connectivity index (χ0n) is 10.5. The molecule has 1 aliphatic rings. The van der Waals surface area contributed by atoms with Gasteiger partial charge < -0.3 is 4.74 Å². The quantitative estimate of drug-likeness (QED) is 0.647. The molecular weight excluding hydrogens is 328 g/mol. The lowest BCUT2D eigenvalue weighted by atomic mass is 10.1. The van der Waals surface area contributed by atoms with E-state index in [9.17, 15) is 14.4 Å². The van der Waals surface area contributed by atoms with Gasteiger partial charge >= 0.3 is 6.03 Å². The third kappa shape index (κ3) is 3.05. The number of benzene rings is 1. The van der Waals surface area contributed by atoms with Crippen LogP contribution in [0.4, 0.5) is 4.79 Å². The standard InChI is InChI=1S/C13H11BrN2O4/c1-2-20-10-4-3-8(14)5-7(10)6-9-11(17)15-13(19)16-12(9)18/h3-6H,2H2,1H3,(H2,15,16,17,18,19). The van der Waals surface area contributed by atoms with Crippen LogP contribution < -0.4 is 15.4 Å². The molecule has 7 heteroatoms. The SMILES string of the molecule is CCOc1ccc(Br)cc1C=C1C(=O)NC(=O)NC1=O. The molecule has 20 heavy (non-hydrogen) atoms. The molecule has 0 saturated carbocycles. The van der Waals surface area contributed by atoms with E-state index in [4.69, 9.17) is 4.74 Å². The molecule has 0 aromatic heterocycles. The third-order valence-corrected chi connectivity index (χ3v) is 3.01. The number of imide groups is 2. The summed E-state index contributed by atoms with van der Waals surface area (Å²) < 4.78 is 6.21. The van der Waals surface area contributed by atoms with Gasteiger partial charge in [0, 0.05) is 10.0 Å². The van der Waals surface area contributed by atoms with Gasteiger partial charge in [0.1, 0.15) is 11.3 Å². The Labute approximate surface area is 123 Å². The summed E-state index contributed by atoms with van der Waals surface area (Å²) in [5, 5.41) is 4.03. The molecule has 0 unspecified atom stereocenters. The van der Waals surface area contributed by atoms with E-state index < -0.39 is 17.8 Å². The van der Waals surface area contributed by atoms with Gasteiger partial charge in [-0.3, -0.25) is 20.2 Å². The van der Waals surface area contributed by atoms with Gasteiger partial charge in [-0.25, -0.2) is 4.79 Å². The number of urea groups is 1. The fraction of sp³-hybridized carbons (Fsp3) is 0.154. The minimum atomic E-state index is -0.823. The molecular formula is C13H11BrN2O4. The zero-order valence-corrected chi connectivity index (χ0v) is 12.1. The molecule has 2 N–H and O–H groups in total. The van der Waals surface area contributed by atoms with Crippen molar-refractivity contribution in [1.82, 2.24) is 10.6 Å². The number of hydrogen-bond donors (Lipinski definition) is 2. The molecule has 1 aliphatic heterocycles. The van der Waals surface area contributed by atoms with Crippen molar-refractivity contribution in [2.75, 3.05) is 6.61 Å². The highest BCUT2D eigenvalue weighted by molar-refractivity contribution is 9.10. The largest absolute Gasteiger partial charge is 0.493 e. The first-order valence-electron chi connectivity index (χ1n) is 5.82. The van der Waals surface area contributed by atoms with E-state index in [0.29, 0.717) is 17.9 Å². The van der Waals surface area contributed by atoms with Gasteiger partial charge in [-0.15, -0.1) is 0 Å². The Kier molecular flexibility index (Phi) is 4.19. The molecule has 0 aliphatic carbocycles. The van der Waals surface area contributed by atoms with Crippen molar-refractivity contribution in [2.45, 2.75) is 6.92 Å². The molecule has 0 spiro atoms.